The van der Waals surface area contributed by atoms with Crippen LogP contribution in [0.15, 0.2) is 42.7 Å². The first-order valence-corrected chi connectivity index (χ1v) is 8.04. The summed E-state index contributed by atoms with van der Waals surface area (Å²) >= 11 is 12.4. The molecule has 1 saturated heterocycles. The highest BCUT2D eigenvalue weighted by molar-refractivity contribution is 6.35. The summed E-state index contributed by atoms with van der Waals surface area (Å²) in [6, 6.07) is 9.18. The zero-order valence-electron chi connectivity index (χ0n) is 12.7. The van der Waals surface area contributed by atoms with E-state index in [4.69, 9.17) is 37.4 Å². The summed E-state index contributed by atoms with van der Waals surface area (Å²) in [5.41, 5.74) is 1.75. The SMILES string of the molecule is COCC1COC(Cc2cccnc2)(c2ccc(Cl)cc2Cl)O1. The summed E-state index contributed by atoms with van der Waals surface area (Å²) in [6.45, 7) is 0.896. The molecule has 0 radical (unpaired) electrons. The van der Waals surface area contributed by atoms with Crippen LogP contribution in [0.1, 0.15) is 11.1 Å². The van der Waals surface area contributed by atoms with E-state index in [2.05, 4.69) is 4.98 Å². The van der Waals surface area contributed by atoms with E-state index in [0.29, 0.717) is 29.7 Å². The van der Waals surface area contributed by atoms with Gasteiger partial charge < -0.3 is 14.2 Å². The van der Waals surface area contributed by atoms with Gasteiger partial charge >= 0.3 is 0 Å². The Labute approximate surface area is 145 Å². The van der Waals surface area contributed by atoms with E-state index in [0.717, 1.165) is 11.1 Å². The molecule has 122 valence electrons. The van der Waals surface area contributed by atoms with Gasteiger partial charge in [0.1, 0.15) is 6.10 Å². The maximum Gasteiger partial charge on any atom is 0.201 e. The van der Waals surface area contributed by atoms with Crippen molar-refractivity contribution < 1.29 is 14.2 Å². The van der Waals surface area contributed by atoms with Gasteiger partial charge in [-0.15, -0.1) is 0 Å². The van der Waals surface area contributed by atoms with Crippen molar-refractivity contribution in [1.82, 2.24) is 4.98 Å². The molecule has 3 rings (SSSR count). The van der Waals surface area contributed by atoms with Crippen molar-refractivity contribution in [2.45, 2.75) is 18.3 Å². The second-order valence-corrected chi connectivity index (χ2v) is 6.26. The van der Waals surface area contributed by atoms with E-state index in [-0.39, 0.29) is 6.10 Å². The molecule has 2 aromatic rings. The quantitative estimate of drug-likeness (QED) is 0.818. The van der Waals surface area contributed by atoms with Gasteiger partial charge in [0.05, 0.1) is 18.2 Å². The van der Waals surface area contributed by atoms with Crippen LogP contribution in [0, 0.1) is 0 Å². The van der Waals surface area contributed by atoms with E-state index >= 15 is 0 Å². The molecule has 23 heavy (non-hydrogen) atoms. The lowest BCUT2D eigenvalue weighted by Gasteiger charge is -2.29. The predicted octanol–water partition coefficient (Wildman–Crippen LogP) is 3.85. The predicted molar refractivity (Wildman–Crippen MR) is 88.8 cm³/mol. The van der Waals surface area contributed by atoms with Crippen LogP contribution in [0.25, 0.3) is 0 Å². The fourth-order valence-electron chi connectivity index (χ4n) is 2.73. The highest BCUT2D eigenvalue weighted by Gasteiger charge is 2.44. The molecule has 2 atom stereocenters. The molecule has 1 aromatic carbocycles. The average molecular weight is 354 g/mol. The minimum Gasteiger partial charge on any atom is -0.382 e. The van der Waals surface area contributed by atoms with Crippen LogP contribution in [-0.2, 0) is 26.4 Å². The molecule has 0 N–H and O–H groups in total. The summed E-state index contributed by atoms with van der Waals surface area (Å²) < 4.78 is 17.4. The molecular formula is C17H17Cl2NO3. The van der Waals surface area contributed by atoms with Gasteiger partial charge in [-0.2, -0.15) is 0 Å². The molecule has 1 aliphatic heterocycles. The minimum absolute atomic E-state index is 0.150. The summed E-state index contributed by atoms with van der Waals surface area (Å²) in [6.07, 6.45) is 3.88. The van der Waals surface area contributed by atoms with Gasteiger partial charge in [0.15, 0.2) is 0 Å². The van der Waals surface area contributed by atoms with Crippen LogP contribution in [0.5, 0.6) is 0 Å². The van der Waals surface area contributed by atoms with Crippen molar-refractivity contribution in [3.05, 3.63) is 63.9 Å². The van der Waals surface area contributed by atoms with Crippen LogP contribution in [0.3, 0.4) is 0 Å². The molecular weight excluding hydrogens is 337 g/mol. The van der Waals surface area contributed by atoms with E-state index in [1.165, 1.54) is 0 Å². The normalized spacial score (nSPS) is 24.0. The van der Waals surface area contributed by atoms with Crippen molar-refractivity contribution in [2.24, 2.45) is 0 Å². The second-order valence-electron chi connectivity index (χ2n) is 5.42. The largest absolute Gasteiger partial charge is 0.382 e. The molecule has 0 bridgehead atoms. The van der Waals surface area contributed by atoms with Crippen molar-refractivity contribution >= 4 is 23.2 Å². The summed E-state index contributed by atoms with van der Waals surface area (Å²) in [5.74, 6) is -0.964. The molecule has 0 spiro atoms. The van der Waals surface area contributed by atoms with Gasteiger partial charge in [0, 0.05) is 36.5 Å². The first-order valence-electron chi connectivity index (χ1n) is 7.28. The maximum absolute atomic E-state index is 6.40. The number of methoxy groups -OCH3 is 1. The fraction of sp³-hybridized carbons (Fsp3) is 0.353. The number of nitrogens with zero attached hydrogens (tertiary/aromatic N) is 1. The van der Waals surface area contributed by atoms with Gasteiger partial charge in [0.25, 0.3) is 0 Å². The van der Waals surface area contributed by atoms with E-state index in [1.807, 2.05) is 18.2 Å². The zero-order valence-corrected chi connectivity index (χ0v) is 14.2. The molecule has 1 aliphatic rings. The Morgan fingerprint density at radius 1 is 1.35 bits per heavy atom. The van der Waals surface area contributed by atoms with Crippen LogP contribution in [0.2, 0.25) is 10.0 Å². The van der Waals surface area contributed by atoms with Crippen LogP contribution >= 0.6 is 23.2 Å². The van der Waals surface area contributed by atoms with Crippen molar-refractivity contribution in [3.63, 3.8) is 0 Å². The first kappa shape index (κ1) is 16.7. The maximum atomic E-state index is 6.40. The average Bonchev–Trinajstić information content (AvgIpc) is 2.92. The Kier molecular flexibility index (Phi) is 5.19. The third-order valence-corrected chi connectivity index (χ3v) is 4.26. The Bertz CT molecular complexity index is 668. The number of ether oxygens (including phenoxy) is 3. The number of hydrogen-bond donors (Lipinski definition) is 0. The topological polar surface area (TPSA) is 40.6 Å². The smallest absolute Gasteiger partial charge is 0.201 e. The van der Waals surface area contributed by atoms with Crippen LogP contribution < -0.4 is 0 Å². The summed E-state index contributed by atoms with van der Waals surface area (Å²) in [7, 11) is 1.64. The third-order valence-electron chi connectivity index (χ3n) is 3.71. The number of halogens is 2. The molecule has 6 heteroatoms. The third kappa shape index (κ3) is 3.67. The van der Waals surface area contributed by atoms with Crippen molar-refractivity contribution in [2.75, 3.05) is 20.3 Å². The lowest BCUT2D eigenvalue weighted by molar-refractivity contribution is -0.180. The summed E-state index contributed by atoms with van der Waals surface area (Å²) in [4.78, 5) is 4.15. The molecule has 4 nitrogen and oxygen atoms in total. The lowest BCUT2D eigenvalue weighted by atomic mass is 9.98. The van der Waals surface area contributed by atoms with E-state index < -0.39 is 5.79 Å². The molecule has 2 unspecified atom stereocenters. The number of aromatic nitrogens is 1. The van der Waals surface area contributed by atoms with Crippen molar-refractivity contribution in [1.29, 1.82) is 0 Å². The molecule has 1 fully saturated rings. The lowest BCUT2D eigenvalue weighted by Crippen LogP contribution is -2.32. The fourth-order valence-corrected chi connectivity index (χ4v) is 3.28. The van der Waals surface area contributed by atoms with Gasteiger partial charge in [0.2, 0.25) is 5.79 Å². The summed E-state index contributed by atoms with van der Waals surface area (Å²) in [5, 5.41) is 1.08. The van der Waals surface area contributed by atoms with Gasteiger partial charge in [-0.05, 0) is 23.8 Å². The van der Waals surface area contributed by atoms with Crippen LogP contribution in [-0.4, -0.2) is 31.4 Å². The number of pyridine rings is 1. The Hall–Kier alpha value is -1.17. The molecule has 0 aliphatic carbocycles. The van der Waals surface area contributed by atoms with E-state index in [1.54, 1.807) is 31.6 Å². The molecule has 1 aromatic heterocycles. The van der Waals surface area contributed by atoms with Crippen molar-refractivity contribution in [3.8, 4) is 0 Å². The molecule has 0 saturated carbocycles. The number of benzene rings is 1. The van der Waals surface area contributed by atoms with E-state index in [9.17, 15) is 0 Å². The standard InChI is InChI=1S/C17H17Cl2NO3/c1-21-10-14-11-22-17(23-14,8-12-3-2-6-20-9-12)15-5-4-13(18)7-16(15)19/h2-7,9,14H,8,10-11H2,1H3. The first-order chi connectivity index (χ1) is 11.1. The van der Waals surface area contributed by atoms with Gasteiger partial charge in [-0.1, -0.05) is 35.3 Å². The minimum atomic E-state index is -0.964. The zero-order chi connectivity index (χ0) is 16.3. The van der Waals surface area contributed by atoms with Gasteiger partial charge in [-0.3, -0.25) is 4.98 Å². The number of hydrogen-bond acceptors (Lipinski definition) is 4. The highest BCUT2D eigenvalue weighted by Crippen LogP contribution is 2.41. The Morgan fingerprint density at radius 3 is 2.91 bits per heavy atom. The number of rotatable bonds is 5. The second kappa shape index (κ2) is 7.16. The van der Waals surface area contributed by atoms with Gasteiger partial charge in [-0.25, -0.2) is 0 Å². The Balaban J connectivity index is 1.97. The van der Waals surface area contributed by atoms with Crippen LogP contribution in [0.4, 0.5) is 0 Å². The highest BCUT2D eigenvalue weighted by atomic mass is 35.5. The molecule has 2 heterocycles. The Morgan fingerprint density at radius 2 is 2.22 bits per heavy atom. The molecule has 0 amide bonds. The monoisotopic (exact) mass is 353 g/mol.